The molecule has 0 unspecified atom stereocenters. The number of carboxylic acid groups (broad SMARTS) is 1. The van der Waals surface area contributed by atoms with Gasteiger partial charge in [0.05, 0.1) is 5.41 Å². The first kappa shape index (κ1) is 21.9. The molecule has 6 nitrogen and oxygen atoms in total. The SMILES string of the molecule is C=CCN1CC[C@]2(CN(Cc3cccnc3)C[C@H]2C)C1=O.O=C(O)C(F)(F)F. The summed E-state index contributed by atoms with van der Waals surface area (Å²) in [6.07, 6.45) is 1.43. The molecule has 1 amide bonds. The van der Waals surface area contributed by atoms with Crippen LogP contribution in [0.5, 0.6) is 0 Å². The van der Waals surface area contributed by atoms with Crippen LogP contribution >= 0.6 is 0 Å². The molecule has 0 aromatic carbocycles. The summed E-state index contributed by atoms with van der Waals surface area (Å²) >= 11 is 0. The van der Waals surface area contributed by atoms with E-state index >= 15 is 0 Å². The minimum absolute atomic E-state index is 0.175. The van der Waals surface area contributed by atoms with E-state index in [1.54, 1.807) is 6.20 Å². The Morgan fingerprint density at radius 2 is 2.18 bits per heavy atom. The number of carbonyl (C=O) groups excluding carboxylic acids is 1. The van der Waals surface area contributed by atoms with Crippen LogP contribution in [0, 0.1) is 11.3 Å². The fraction of sp³-hybridized carbons (Fsp3) is 0.526. The van der Waals surface area contributed by atoms with E-state index in [0.29, 0.717) is 18.4 Å². The van der Waals surface area contributed by atoms with Crippen LogP contribution in [0.4, 0.5) is 13.2 Å². The predicted molar refractivity (Wildman–Crippen MR) is 96.2 cm³/mol. The minimum atomic E-state index is -5.08. The molecule has 2 atom stereocenters. The zero-order valence-corrected chi connectivity index (χ0v) is 15.7. The molecule has 0 saturated carbocycles. The van der Waals surface area contributed by atoms with Crippen molar-refractivity contribution >= 4 is 11.9 Å². The molecule has 154 valence electrons. The Morgan fingerprint density at radius 1 is 1.50 bits per heavy atom. The maximum Gasteiger partial charge on any atom is 0.490 e. The summed E-state index contributed by atoms with van der Waals surface area (Å²) in [5.41, 5.74) is 1.04. The maximum absolute atomic E-state index is 12.8. The first-order valence-corrected chi connectivity index (χ1v) is 8.92. The van der Waals surface area contributed by atoms with Gasteiger partial charge in [-0.1, -0.05) is 19.1 Å². The van der Waals surface area contributed by atoms with Gasteiger partial charge in [0.15, 0.2) is 0 Å². The first-order chi connectivity index (χ1) is 13.1. The first-order valence-electron chi connectivity index (χ1n) is 8.92. The molecule has 2 saturated heterocycles. The Bertz CT molecular complexity index is 711. The number of hydrogen-bond acceptors (Lipinski definition) is 4. The molecule has 28 heavy (non-hydrogen) atoms. The highest BCUT2D eigenvalue weighted by Crippen LogP contribution is 2.44. The number of likely N-dealkylation sites (tertiary alicyclic amines) is 2. The van der Waals surface area contributed by atoms with Crippen LogP contribution < -0.4 is 0 Å². The van der Waals surface area contributed by atoms with Crippen molar-refractivity contribution in [3.05, 3.63) is 42.7 Å². The van der Waals surface area contributed by atoms with Crippen LogP contribution in [0.2, 0.25) is 0 Å². The third-order valence-corrected chi connectivity index (χ3v) is 5.24. The number of aliphatic carboxylic acids is 1. The van der Waals surface area contributed by atoms with Gasteiger partial charge in [0.25, 0.3) is 0 Å². The Kier molecular flexibility index (Phi) is 6.82. The normalized spacial score (nSPS) is 24.9. The lowest BCUT2D eigenvalue weighted by Crippen LogP contribution is -2.39. The zero-order chi connectivity index (χ0) is 20.9. The zero-order valence-electron chi connectivity index (χ0n) is 15.7. The summed E-state index contributed by atoms with van der Waals surface area (Å²) < 4.78 is 31.7. The number of pyridine rings is 1. The molecule has 2 aliphatic heterocycles. The summed E-state index contributed by atoms with van der Waals surface area (Å²) in [4.78, 5) is 30.2. The van der Waals surface area contributed by atoms with Crippen LogP contribution in [0.1, 0.15) is 18.9 Å². The van der Waals surface area contributed by atoms with Gasteiger partial charge in [-0.2, -0.15) is 13.2 Å². The van der Waals surface area contributed by atoms with Crippen LogP contribution in [0.3, 0.4) is 0 Å². The van der Waals surface area contributed by atoms with Crippen molar-refractivity contribution in [1.82, 2.24) is 14.8 Å². The molecule has 0 radical (unpaired) electrons. The molecule has 3 rings (SSSR count). The van der Waals surface area contributed by atoms with E-state index in [2.05, 4.69) is 29.5 Å². The summed E-state index contributed by atoms with van der Waals surface area (Å²) in [5, 5.41) is 7.12. The summed E-state index contributed by atoms with van der Waals surface area (Å²) in [6.45, 7) is 10.3. The van der Waals surface area contributed by atoms with E-state index in [0.717, 1.165) is 32.6 Å². The Balaban J connectivity index is 0.000000345. The fourth-order valence-corrected chi connectivity index (χ4v) is 3.84. The summed E-state index contributed by atoms with van der Waals surface area (Å²) in [6, 6.07) is 4.07. The Morgan fingerprint density at radius 3 is 2.71 bits per heavy atom. The number of aromatic nitrogens is 1. The van der Waals surface area contributed by atoms with Crippen molar-refractivity contribution in [1.29, 1.82) is 0 Å². The number of hydrogen-bond donors (Lipinski definition) is 1. The lowest BCUT2D eigenvalue weighted by molar-refractivity contribution is -0.192. The highest BCUT2D eigenvalue weighted by molar-refractivity contribution is 5.86. The smallest absolute Gasteiger partial charge is 0.475 e. The molecule has 1 aromatic rings. The standard InChI is InChI=1S/C17H23N3O.C2HF3O2/c1-3-8-20-9-6-17(16(20)21)13-19(11-14(17)2)12-15-5-4-7-18-10-15;3-2(4,5)1(6)7/h3-5,7,10,14H,1,6,8-9,11-13H2,2H3;(H,6,7)/t14-,17-;/m1./s1. The fourth-order valence-electron chi connectivity index (χ4n) is 3.84. The van der Waals surface area contributed by atoms with E-state index in [9.17, 15) is 18.0 Å². The molecule has 2 aliphatic rings. The lowest BCUT2D eigenvalue weighted by atomic mass is 9.78. The number of halogens is 3. The molecule has 1 aromatic heterocycles. The lowest BCUT2D eigenvalue weighted by Gasteiger charge is -2.26. The van der Waals surface area contributed by atoms with Crippen LogP contribution in [-0.2, 0) is 16.1 Å². The van der Waals surface area contributed by atoms with Gasteiger partial charge in [-0.15, -0.1) is 6.58 Å². The highest BCUT2D eigenvalue weighted by Gasteiger charge is 2.54. The Labute approximate surface area is 161 Å². The number of carbonyl (C=O) groups is 2. The minimum Gasteiger partial charge on any atom is -0.475 e. The third kappa shape index (κ3) is 4.89. The van der Waals surface area contributed by atoms with Crippen molar-refractivity contribution in [2.45, 2.75) is 26.1 Å². The molecular weight excluding hydrogens is 375 g/mol. The quantitative estimate of drug-likeness (QED) is 0.788. The van der Waals surface area contributed by atoms with Gasteiger partial charge in [0.1, 0.15) is 0 Å². The Hall–Kier alpha value is -2.42. The predicted octanol–water partition coefficient (Wildman–Crippen LogP) is 2.57. The molecule has 3 heterocycles. The van der Waals surface area contributed by atoms with Crippen molar-refractivity contribution in [2.75, 3.05) is 26.2 Å². The molecule has 1 N–H and O–H groups in total. The van der Waals surface area contributed by atoms with Gasteiger partial charge in [-0.05, 0) is 24.0 Å². The topological polar surface area (TPSA) is 73.7 Å². The van der Waals surface area contributed by atoms with Crippen molar-refractivity contribution in [3.8, 4) is 0 Å². The molecule has 2 fully saturated rings. The molecular formula is C19H24F3N3O3. The third-order valence-electron chi connectivity index (χ3n) is 5.24. The largest absolute Gasteiger partial charge is 0.490 e. The average molecular weight is 399 g/mol. The highest BCUT2D eigenvalue weighted by atomic mass is 19.4. The van der Waals surface area contributed by atoms with Gasteiger partial charge in [0.2, 0.25) is 5.91 Å². The van der Waals surface area contributed by atoms with Crippen molar-refractivity contribution in [3.63, 3.8) is 0 Å². The van der Waals surface area contributed by atoms with Gasteiger partial charge in [-0.25, -0.2) is 4.79 Å². The van der Waals surface area contributed by atoms with Crippen molar-refractivity contribution in [2.24, 2.45) is 11.3 Å². The van der Waals surface area contributed by atoms with Gasteiger partial charge >= 0.3 is 12.1 Å². The van der Waals surface area contributed by atoms with E-state index in [4.69, 9.17) is 9.90 Å². The van der Waals surface area contributed by atoms with Crippen LogP contribution in [0.25, 0.3) is 0 Å². The number of nitrogens with zero attached hydrogens (tertiary/aromatic N) is 3. The molecule has 0 aliphatic carbocycles. The second kappa shape index (κ2) is 8.72. The molecule has 9 heteroatoms. The summed E-state index contributed by atoms with van der Waals surface area (Å²) in [7, 11) is 0. The number of rotatable bonds is 4. The van der Waals surface area contributed by atoms with Gasteiger partial charge < -0.3 is 10.0 Å². The molecule has 1 spiro atoms. The number of amides is 1. The number of carboxylic acids is 1. The van der Waals surface area contributed by atoms with E-state index in [-0.39, 0.29) is 5.41 Å². The second-order valence-corrected chi connectivity index (χ2v) is 7.18. The van der Waals surface area contributed by atoms with Gasteiger partial charge in [-0.3, -0.25) is 14.7 Å². The van der Waals surface area contributed by atoms with E-state index < -0.39 is 12.1 Å². The monoisotopic (exact) mass is 399 g/mol. The van der Waals surface area contributed by atoms with E-state index in [1.165, 1.54) is 5.56 Å². The maximum atomic E-state index is 12.8. The van der Waals surface area contributed by atoms with Gasteiger partial charge in [0, 0.05) is 45.1 Å². The van der Waals surface area contributed by atoms with Crippen LogP contribution in [-0.4, -0.2) is 64.1 Å². The van der Waals surface area contributed by atoms with E-state index in [1.807, 2.05) is 23.2 Å². The summed E-state index contributed by atoms with van der Waals surface area (Å²) in [5.74, 6) is -2.02. The van der Waals surface area contributed by atoms with Crippen molar-refractivity contribution < 1.29 is 27.9 Å². The average Bonchev–Trinajstić information content (AvgIpc) is 3.10. The molecule has 0 bridgehead atoms. The second-order valence-electron chi connectivity index (χ2n) is 7.18. The van der Waals surface area contributed by atoms with Crippen LogP contribution in [0.15, 0.2) is 37.2 Å². The number of alkyl halides is 3.